The first-order chi connectivity index (χ1) is 13.9. The van der Waals surface area contributed by atoms with Crippen LogP contribution >= 0.6 is 0 Å². The Kier molecular flexibility index (Phi) is 7.44. The van der Waals surface area contributed by atoms with Crippen molar-refractivity contribution in [3.63, 3.8) is 0 Å². The third kappa shape index (κ3) is 6.14. The average Bonchev–Trinajstić information content (AvgIpc) is 2.93. The number of anilines is 1. The highest BCUT2D eigenvalue weighted by Gasteiger charge is 2.24. The van der Waals surface area contributed by atoms with E-state index in [0.29, 0.717) is 26.2 Å². The van der Waals surface area contributed by atoms with E-state index in [9.17, 15) is 14.0 Å². The fourth-order valence-electron chi connectivity index (χ4n) is 3.83. The quantitative estimate of drug-likeness (QED) is 0.717. The number of carbonyl (C=O) groups excluding carboxylic acids is 2. The van der Waals surface area contributed by atoms with Crippen molar-refractivity contribution in [1.82, 2.24) is 19.6 Å². The van der Waals surface area contributed by atoms with Crippen molar-refractivity contribution in [3.8, 4) is 0 Å². The molecule has 1 aromatic rings. The van der Waals surface area contributed by atoms with Gasteiger partial charge in [0.15, 0.2) is 0 Å². The van der Waals surface area contributed by atoms with Gasteiger partial charge in [0, 0.05) is 59.1 Å². The second-order valence-corrected chi connectivity index (χ2v) is 8.04. The number of carbonyl (C=O) groups is 2. The summed E-state index contributed by atoms with van der Waals surface area (Å²) in [6.45, 7) is 7.17. The molecule has 7 nitrogen and oxygen atoms in total. The number of hydrogen-bond donors (Lipinski definition) is 0. The Labute approximate surface area is 172 Å². The van der Waals surface area contributed by atoms with E-state index in [0.717, 1.165) is 51.4 Å². The lowest BCUT2D eigenvalue weighted by Crippen LogP contribution is -2.51. The van der Waals surface area contributed by atoms with E-state index in [1.807, 2.05) is 4.90 Å². The van der Waals surface area contributed by atoms with Gasteiger partial charge in [-0.05, 0) is 43.8 Å². The zero-order valence-electron chi connectivity index (χ0n) is 17.5. The molecule has 0 saturated carbocycles. The van der Waals surface area contributed by atoms with E-state index < -0.39 is 0 Å². The summed E-state index contributed by atoms with van der Waals surface area (Å²) in [7, 11) is 3.56. The van der Waals surface area contributed by atoms with Crippen LogP contribution in [-0.4, -0.2) is 111 Å². The summed E-state index contributed by atoms with van der Waals surface area (Å²) in [6.07, 6.45) is 0.965. The van der Waals surface area contributed by atoms with Gasteiger partial charge in [0.25, 0.3) is 0 Å². The van der Waals surface area contributed by atoms with Gasteiger partial charge in [-0.1, -0.05) is 0 Å². The lowest BCUT2D eigenvalue weighted by atomic mass is 10.2. The van der Waals surface area contributed by atoms with Crippen LogP contribution in [0.3, 0.4) is 0 Å². The number of rotatable bonds is 5. The Morgan fingerprint density at radius 3 is 2.03 bits per heavy atom. The number of likely N-dealkylation sites (N-methyl/N-ethyl adjacent to an activating group) is 1. The minimum absolute atomic E-state index is 0.119. The van der Waals surface area contributed by atoms with Gasteiger partial charge in [-0.3, -0.25) is 19.4 Å². The van der Waals surface area contributed by atoms with Crippen molar-refractivity contribution in [2.75, 3.05) is 84.4 Å². The molecule has 0 radical (unpaired) electrons. The molecule has 0 atom stereocenters. The number of amides is 2. The normalized spacial score (nSPS) is 19.1. The fraction of sp³-hybridized carbons (Fsp3) is 0.619. The molecule has 2 fully saturated rings. The first-order valence-corrected chi connectivity index (χ1v) is 10.4. The Morgan fingerprint density at radius 2 is 1.45 bits per heavy atom. The topological polar surface area (TPSA) is 50.3 Å². The highest BCUT2D eigenvalue weighted by atomic mass is 19.1. The molecule has 2 aliphatic rings. The van der Waals surface area contributed by atoms with Gasteiger partial charge in [-0.15, -0.1) is 0 Å². The summed E-state index contributed by atoms with van der Waals surface area (Å²) < 4.78 is 13.1. The maximum absolute atomic E-state index is 13.1. The molecule has 8 heteroatoms. The van der Waals surface area contributed by atoms with Gasteiger partial charge in [0.2, 0.25) is 11.8 Å². The van der Waals surface area contributed by atoms with Crippen molar-refractivity contribution in [3.05, 3.63) is 30.1 Å². The van der Waals surface area contributed by atoms with Gasteiger partial charge < -0.3 is 14.7 Å². The second kappa shape index (κ2) is 10.0. The van der Waals surface area contributed by atoms with E-state index in [2.05, 4.69) is 14.7 Å². The van der Waals surface area contributed by atoms with Gasteiger partial charge >= 0.3 is 0 Å². The molecule has 2 saturated heterocycles. The predicted molar refractivity (Wildman–Crippen MR) is 111 cm³/mol. The number of benzene rings is 1. The van der Waals surface area contributed by atoms with Crippen LogP contribution in [0, 0.1) is 5.82 Å². The zero-order chi connectivity index (χ0) is 20.8. The minimum atomic E-state index is -0.232. The Bertz CT molecular complexity index is 689. The van der Waals surface area contributed by atoms with Crippen molar-refractivity contribution in [1.29, 1.82) is 0 Å². The monoisotopic (exact) mass is 405 g/mol. The van der Waals surface area contributed by atoms with Gasteiger partial charge in [-0.2, -0.15) is 0 Å². The largest absolute Gasteiger partial charge is 0.368 e. The molecule has 3 rings (SSSR count). The van der Waals surface area contributed by atoms with Gasteiger partial charge in [0.1, 0.15) is 5.82 Å². The number of piperazine rings is 1. The standard InChI is InChI=1S/C21H32FN5O2/c1-23(2)20(28)16-24-8-3-9-25(11-10-24)17-21(29)27-14-12-26(13-15-27)19-6-4-18(22)5-7-19/h4-7H,3,8-17H2,1-2H3. The minimum Gasteiger partial charge on any atom is -0.368 e. The first-order valence-electron chi connectivity index (χ1n) is 10.4. The SMILES string of the molecule is CN(C)C(=O)CN1CCCN(CC(=O)N2CCN(c3ccc(F)cc3)CC2)CC1. The third-order valence-corrected chi connectivity index (χ3v) is 5.72. The molecule has 1 aromatic carbocycles. The van der Waals surface area contributed by atoms with E-state index in [1.54, 1.807) is 31.1 Å². The predicted octanol–water partition coefficient (Wildman–Crippen LogP) is 0.570. The molecule has 2 amide bonds. The van der Waals surface area contributed by atoms with Crippen molar-refractivity contribution >= 4 is 17.5 Å². The molecule has 0 aromatic heterocycles. The van der Waals surface area contributed by atoms with Crippen molar-refractivity contribution < 1.29 is 14.0 Å². The van der Waals surface area contributed by atoms with E-state index >= 15 is 0 Å². The zero-order valence-corrected chi connectivity index (χ0v) is 17.5. The Morgan fingerprint density at radius 1 is 0.862 bits per heavy atom. The summed E-state index contributed by atoms with van der Waals surface area (Å²) in [5.74, 6) is 0.0554. The molecule has 2 aliphatic heterocycles. The number of halogens is 1. The summed E-state index contributed by atoms with van der Waals surface area (Å²) in [4.78, 5) is 34.8. The molecule has 2 heterocycles. The number of hydrogen-bond acceptors (Lipinski definition) is 5. The molecule has 160 valence electrons. The van der Waals surface area contributed by atoms with Crippen LogP contribution in [0.2, 0.25) is 0 Å². The Balaban J connectivity index is 1.42. The molecule has 29 heavy (non-hydrogen) atoms. The molecule has 0 N–H and O–H groups in total. The molecular formula is C21H32FN5O2. The van der Waals surface area contributed by atoms with E-state index in [1.165, 1.54) is 12.1 Å². The van der Waals surface area contributed by atoms with Crippen LogP contribution in [-0.2, 0) is 9.59 Å². The van der Waals surface area contributed by atoms with Crippen LogP contribution in [0.4, 0.5) is 10.1 Å². The van der Waals surface area contributed by atoms with Crippen LogP contribution in [0.1, 0.15) is 6.42 Å². The Hall–Kier alpha value is -2.19. The summed E-state index contributed by atoms with van der Waals surface area (Å²) >= 11 is 0. The maximum Gasteiger partial charge on any atom is 0.236 e. The summed E-state index contributed by atoms with van der Waals surface area (Å²) in [5.41, 5.74) is 0.998. The molecule has 0 spiro atoms. The molecule has 0 bridgehead atoms. The molecule has 0 aliphatic carbocycles. The van der Waals surface area contributed by atoms with Crippen molar-refractivity contribution in [2.45, 2.75) is 6.42 Å². The molecular weight excluding hydrogens is 373 g/mol. The molecule has 0 unspecified atom stereocenters. The number of nitrogens with zero attached hydrogens (tertiary/aromatic N) is 5. The van der Waals surface area contributed by atoms with E-state index in [4.69, 9.17) is 0 Å². The second-order valence-electron chi connectivity index (χ2n) is 8.04. The highest BCUT2D eigenvalue weighted by Crippen LogP contribution is 2.17. The van der Waals surface area contributed by atoms with Gasteiger partial charge in [0.05, 0.1) is 13.1 Å². The highest BCUT2D eigenvalue weighted by molar-refractivity contribution is 5.79. The van der Waals surface area contributed by atoms with Crippen LogP contribution in [0.25, 0.3) is 0 Å². The summed E-state index contributed by atoms with van der Waals surface area (Å²) in [6, 6.07) is 6.52. The van der Waals surface area contributed by atoms with Crippen LogP contribution < -0.4 is 4.90 Å². The van der Waals surface area contributed by atoms with Gasteiger partial charge in [-0.25, -0.2) is 4.39 Å². The van der Waals surface area contributed by atoms with Crippen LogP contribution in [0.5, 0.6) is 0 Å². The average molecular weight is 406 g/mol. The van der Waals surface area contributed by atoms with Crippen molar-refractivity contribution in [2.24, 2.45) is 0 Å². The third-order valence-electron chi connectivity index (χ3n) is 5.72. The smallest absolute Gasteiger partial charge is 0.236 e. The fourth-order valence-corrected chi connectivity index (χ4v) is 3.83. The van der Waals surface area contributed by atoms with Crippen LogP contribution in [0.15, 0.2) is 24.3 Å². The maximum atomic E-state index is 13.1. The first kappa shape index (κ1) is 21.5. The summed E-state index contributed by atoms with van der Waals surface area (Å²) in [5, 5.41) is 0. The lowest BCUT2D eigenvalue weighted by molar-refractivity contribution is -0.133. The lowest BCUT2D eigenvalue weighted by Gasteiger charge is -2.37. The van der Waals surface area contributed by atoms with E-state index in [-0.39, 0.29) is 17.6 Å².